The Kier molecular flexibility index (Phi) is 4.82. The molecule has 2 aromatic rings. The van der Waals surface area contributed by atoms with Gasteiger partial charge < -0.3 is 10.4 Å². The van der Waals surface area contributed by atoms with Crippen molar-refractivity contribution in [1.82, 2.24) is 20.4 Å². The molecule has 1 fully saturated rings. The van der Waals surface area contributed by atoms with Gasteiger partial charge in [0.15, 0.2) is 0 Å². The summed E-state index contributed by atoms with van der Waals surface area (Å²) in [5, 5.41) is 19.5. The number of benzene rings is 1. The third kappa shape index (κ3) is 4.02. The van der Waals surface area contributed by atoms with Crippen LogP contribution < -0.4 is 5.32 Å². The molecule has 1 aliphatic heterocycles. The van der Waals surface area contributed by atoms with Gasteiger partial charge >= 0.3 is 0 Å². The van der Waals surface area contributed by atoms with E-state index in [4.69, 9.17) is 0 Å². The van der Waals surface area contributed by atoms with E-state index in [0.717, 1.165) is 5.69 Å². The number of nitrogens with one attached hydrogen (secondary N) is 2. The number of rotatable bonds is 6. The van der Waals surface area contributed by atoms with Gasteiger partial charge in [-0.1, -0.05) is 6.07 Å². The second-order valence-electron chi connectivity index (χ2n) is 6.50. The fourth-order valence-electron chi connectivity index (χ4n) is 2.97. The first-order chi connectivity index (χ1) is 11.9. The second kappa shape index (κ2) is 6.89. The third-order valence-corrected chi connectivity index (χ3v) is 4.29. The Morgan fingerprint density at radius 1 is 1.40 bits per heavy atom. The van der Waals surface area contributed by atoms with Gasteiger partial charge in [-0.05, 0) is 31.5 Å². The summed E-state index contributed by atoms with van der Waals surface area (Å²) < 4.78 is 27.2. The van der Waals surface area contributed by atoms with E-state index in [-0.39, 0.29) is 30.1 Å². The number of aromatic nitrogens is 2. The number of β-amino-alcohol motifs (C(OH)–C–C–N with tert-alkyl or cyclic N) is 1. The van der Waals surface area contributed by atoms with Crippen molar-refractivity contribution in [2.45, 2.75) is 18.9 Å². The number of aromatic amines is 1. The number of aliphatic hydroxyl groups is 1. The van der Waals surface area contributed by atoms with Crippen molar-refractivity contribution in [3.63, 3.8) is 0 Å². The van der Waals surface area contributed by atoms with Crippen LogP contribution >= 0.6 is 0 Å². The van der Waals surface area contributed by atoms with Crippen LogP contribution in [0.3, 0.4) is 0 Å². The van der Waals surface area contributed by atoms with E-state index in [2.05, 4.69) is 15.5 Å². The summed E-state index contributed by atoms with van der Waals surface area (Å²) in [5.41, 5.74) is 0.0703. The maximum absolute atomic E-state index is 13.6. The number of likely N-dealkylation sites (tertiary alicyclic amines) is 1. The van der Waals surface area contributed by atoms with Gasteiger partial charge in [0, 0.05) is 37.4 Å². The maximum atomic E-state index is 13.6. The standard InChI is InChI=1S/C17H20F2N4O2/c1-11-7-15(22-21-11)16(24)20-8-17(25)9-23(10-17)6-5-12-13(18)3-2-4-14(12)19/h2-4,7,25H,5-6,8-10H2,1H3,(H,20,24)(H,21,22). The summed E-state index contributed by atoms with van der Waals surface area (Å²) in [6, 6.07) is 5.42. The molecule has 134 valence electrons. The molecule has 0 unspecified atom stereocenters. The number of carbonyl (C=O) groups excluding carboxylic acids is 1. The van der Waals surface area contributed by atoms with E-state index in [1.807, 2.05) is 4.90 Å². The lowest BCUT2D eigenvalue weighted by Gasteiger charge is -2.46. The maximum Gasteiger partial charge on any atom is 0.271 e. The summed E-state index contributed by atoms with van der Waals surface area (Å²) in [6.07, 6.45) is 0.230. The van der Waals surface area contributed by atoms with E-state index >= 15 is 0 Å². The smallest absolute Gasteiger partial charge is 0.271 e. The van der Waals surface area contributed by atoms with E-state index in [0.29, 0.717) is 19.6 Å². The van der Waals surface area contributed by atoms with Crippen molar-refractivity contribution < 1.29 is 18.7 Å². The molecular weight excluding hydrogens is 330 g/mol. The molecule has 1 amide bonds. The van der Waals surface area contributed by atoms with Crippen molar-refractivity contribution in [2.75, 3.05) is 26.2 Å². The zero-order valence-electron chi connectivity index (χ0n) is 13.9. The van der Waals surface area contributed by atoms with Crippen molar-refractivity contribution in [2.24, 2.45) is 0 Å². The van der Waals surface area contributed by atoms with Crippen molar-refractivity contribution >= 4 is 5.91 Å². The predicted octanol–water partition coefficient (Wildman–Crippen LogP) is 1.02. The Balaban J connectivity index is 1.44. The highest BCUT2D eigenvalue weighted by Crippen LogP contribution is 2.21. The van der Waals surface area contributed by atoms with Gasteiger partial charge in [-0.25, -0.2) is 8.78 Å². The number of nitrogens with zero attached hydrogens (tertiary/aromatic N) is 2. The van der Waals surface area contributed by atoms with Crippen LogP contribution in [0.1, 0.15) is 21.7 Å². The molecule has 1 saturated heterocycles. The molecule has 6 nitrogen and oxygen atoms in total. The number of H-pyrrole nitrogens is 1. The van der Waals surface area contributed by atoms with Crippen molar-refractivity contribution in [3.8, 4) is 0 Å². The molecule has 2 heterocycles. The van der Waals surface area contributed by atoms with E-state index in [9.17, 15) is 18.7 Å². The molecule has 0 atom stereocenters. The molecule has 0 aliphatic carbocycles. The number of hydrogen-bond acceptors (Lipinski definition) is 4. The normalized spacial score (nSPS) is 16.5. The van der Waals surface area contributed by atoms with Gasteiger partial charge in [0.25, 0.3) is 5.91 Å². The van der Waals surface area contributed by atoms with Crippen LogP contribution in [0.2, 0.25) is 0 Å². The molecule has 1 aromatic heterocycles. The minimum absolute atomic E-state index is 0.0557. The average Bonchev–Trinajstić information content (AvgIpc) is 2.97. The van der Waals surface area contributed by atoms with Crippen LogP contribution in [0.25, 0.3) is 0 Å². The first-order valence-corrected chi connectivity index (χ1v) is 8.04. The molecule has 25 heavy (non-hydrogen) atoms. The Morgan fingerprint density at radius 2 is 2.08 bits per heavy atom. The summed E-state index contributed by atoms with van der Waals surface area (Å²) in [6.45, 7) is 3.00. The lowest BCUT2D eigenvalue weighted by Crippen LogP contribution is -2.66. The highest BCUT2D eigenvalue weighted by atomic mass is 19.1. The Morgan fingerprint density at radius 3 is 2.68 bits per heavy atom. The van der Waals surface area contributed by atoms with Gasteiger partial charge in [-0.3, -0.25) is 14.8 Å². The van der Waals surface area contributed by atoms with Crippen LogP contribution in [0.5, 0.6) is 0 Å². The number of amides is 1. The van der Waals surface area contributed by atoms with Crippen LogP contribution in [0.4, 0.5) is 8.78 Å². The van der Waals surface area contributed by atoms with Crippen molar-refractivity contribution in [3.05, 3.63) is 52.9 Å². The molecule has 3 rings (SSSR count). The molecule has 1 aliphatic rings. The average molecular weight is 350 g/mol. The summed E-state index contributed by atoms with van der Waals surface area (Å²) in [4.78, 5) is 13.8. The van der Waals surface area contributed by atoms with Crippen LogP contribution in [0.15, 0.2) is 24.3 Å². The SMILES string of the molecule is Cc1cc(C(=O)NCC2(O)CN(CCc3c(F)cccc3F)C2)n[nH]1. The summed E-state index contributed by atoms with van der Waals surface area (Å²) in [7, 11) is 0. The Hall–Kier alpha value is -2.32. The molecular formula is C17H20F2N4O2. The predicted molar refractivity (Wildman–Crippen MR) is 87.1 cm³/mol. The van der Waals surface area contributed by atoms with E-state index < -0.39 is 17.2 Å². The molecule has 0 radical (unpaired) electrons. The van der Waals surface area contributed by atoms with E-state index in [1.54, 1.807) is 13.0 Å². The number of aryl methyl sites for hydroxylation is 1. The molecule has 0 bridgehead atoms. The second-order valence-corrected chi connectivity index (χ2v) is 6.50. The highest BCUT2D eigenvalue weighted by molar-refractivity contribution is 5.92. The third-order valence-electron chi connectivity index (χ3n) is 4.29. The summed E-state index contributed by atoms with van der Waals surface area (Å²) >= 11 is 0. The minimum atomic E-state index is -1.03. The van der Waals surface area contributed by atoms with Gasteiger partial charge in [-0.2, -0.15) is 5.10 Å². The van der Waals surface area contributed by atoms with Crippen molar-refractivity contribution in [1.29, 1.82) is 0 Å². The molecule has 1 aromatic carbocycles. The van der Waals surface area contributed by atoms with Gasteiger partial charge in [0.2, 0.25) is 0 Å². The Bertz CT molecular complexity index is 752. The molecule has 8 heteroatoms. The van der Waals surface area contributed by atoms with E-state index in [1.165, 1.54) is 18.2 Å². The van der Waals surface area contributed by atoms with Gasteiger partial charge in [0.05, 0.1) is 0 Å². The van der Waals surface area contributed by atoms with Crippen LogP contribution in [-0.2, 0) is 6.42 Å². The number of halogens is 2. The minimum Gasteiger partial charge on any atom is -0.385 e. The monoisotopic (exact) mass is 350 g/mol. The first kappa shape index (κ1) is 17.5. The topological polar surface area (TPSA) is 81.2 Å². The first-order valence-electron chi connectivity index (χ1n) is 8.04. The van der Waals surface area contributed by atoms with Gasteiger partial charge in [-0.15, -0.1) is 0 Å². The Labute approximate surface area is 143 Å². The lowest BCUT2D eigenvalue weighted by atomic mass is 9.93. The molecule has 0 spiro atoms. The number of hydrogen-bond donors (Lipinski definition) is 3. The largest absolute Gasteiger partial charge is 0.385 e. The lowest BCUT2D eigenvalue weighted by molar-refractivity contribution is -0.0930. The van der Waals surface area contributed by atoms with Crippen LogP contribution in [0, 0.1) is 18.6 Å². The molecule has 3 N–H and O–H groups in total. The summed E-state index contributed by atoms with van der Waals surface area (Å²) in [5.74, 6) is -1.47. The number of carbonyl (C=O) groups is 1. The molecule has 0 saturated carbocycles. The zero-order chi connectivity index (χ0) is 18.0. The fraction of sp³-hybridized carbons (Fsp3) is 0.412. The van der Waals surface area contributed by atoms with Crippen LogP contribution in [-0.4, -0.2) is 57.9 Å². The van der Waals surface area contributed by atoms with Gasteiger partial charge in [0.1, 0.15) is 22.9 Å². The zero-order valence-corrected chi connectivity index (χ0v) is 13.9. The fourth-order valence-corrected chi connectivity index (χ4v) is 2.97. The quantitative estimate of drug-likeness (QED) is 0.727. The highest BCUT2D eigenvalue weighted by Gasteiger charge is 2.41.